The Kier molecular flexibility index (Phi) is 6.02. The summed E-state index contributed by atoms with van der Waals surface area (Å²) >= 11 is 0. The summed E-state index contributed by atoms with van der Waals surface area (Å²) in [5.74, 6) is -0.176. The van der Waals surface area contributed by atoms with Gasteiger partial charge in [-0.1, -0.05) is 18.2 Å². The molecule has 152 valence electrons. The van der Waals surface area contributed by atoms with Crippen LogP contribution in [-0.4, -0.2) is 64.3 Å². The second-order valence-electron chi connectivity index (χ2n) is 7.04. The third-order valence-electron chi connectivity index (χ3n) is 5.08. The zero-order valence-corrected chi connectivity index (χ0v) is 16.3. The number of hydrogen-bond donors (Lipinski definition) is 1. The van der Waals surface area contributed by atoms with E-state index < -0.39 is 0 Å². The molecule has 0 atom stereocenters. The molecule has 8 heteroatoms. The van der Waals surface area contributed by atoms with Crippen LogP contribution in [0.5, 0.6) is 0 Å². The van der Waals surface area contributed by atoms with Gasteiger partial charge in [0.25, 0.3) is 0 Å². The van der Waals surface area contributed by atoms with Gasteiger partial charge in [-0.05, 0) is 37.2 Å². The maximum Gasteiger partial charge on any atom is 0.335 e. The van der Waals surface area contributed by atoms with Crippen LogP contribution in [0.15, 0.2) is 53.5 Å². The van der Waals surface area contributed by atoms with Crippen molar-refractivity contribution in [2.24, 2.45) is 0 Å². The number of fused-ring (bicyclic) bond motifs is 1. The van der Waals surface area contributed by atoms with E-state index in [1.807, 2.05) is 36.4 Å². The Labute approximate surface area is 168 Å². The van der Waals surface area contributed by atoms with Crippen molar-refractivity contribution in [1.82, 2.24) is 24.3 Å². The highest BCUT2D eigenvalue weighted by atomic mass is 16.5. The van der Waals surface area contributed by atoms with E-state index in [4.69, 9.17) is 4.74 Å². The molecule has 8 nitrogen and oxygen atoms in total. The van der Waals surface area contributed by atoms with Gasteiger partial charge in [-0.2, -0.15) is 0 Å². The number of rotatable bonds is 7. The molecule has 3 heterocycles. The summed E-state index contributed by atoms with van der Waals surface area (Å²) in [4.78, 5) is 32.2. The molecule has 1 N–H and O–H groups in total. The van der Waals surface area contributed by atoms with Crippen LogP contribution in [0.1, 0.15) is 6.42 Å². The Balaban J connectivity index is 1.44. The van der Waals surface area contributed by atoms with E-state index in [2.05, 4.69) is 15.2 Å². The molecule has 0 aliphatic carbocycles. The number of pyridine rings is 1. The molecule has 0 radical (unpaired) electrons. The molecule has 2 aromatic heterocycles. The van der Waals surface area contributed by atoms with Gasteiger partial charge in [-0.25, -0.2) is 14.3 Å². The Morgan fingerprint density at radius 1 is 1.10 bits per heavy atom. The van der Waals surface area contributed by atoms with Crippen molar-refractivity contribution in [2.45, 2.75) is 13.0 Å². The Hall–Kier alpha value is -2.97. The van der Waals surface area contributed by atoms with E-state index >= 15 is 0 Å². The SMILES string of the molecule is O=C(Cn1c(=O)n(-c2ccccc2)c2ncccc21)NCCCN1CCOCC1. The average Bonchev–Trinajstić information content (AvgIpc) is 3.04. The second kappa shape index (κ2) is 9.02. The summed E-state index contributed by atoms with van der Waals surface area (Å²) in [5.41, 5.74) is 1.65. The number of morpholine rings is 1. The zero-order chi connectivity index (χ0) is 20.1. The maximum atomic E-state index is 13.0. The highest BCUT2D eigenvalue weighted by molar-refractivity contribution is 5.80. The highest BCUT2D eigenvalue weighted by Gasteiger charge is 2.17. The summed E-state index contributed by atoms with van der Waals surface area (Å²) in [6.45, 7) is 4.91. The third kappa shape index (κ3) is 4.38. The molecule has 29 heavy (non-hydrogen) atoms. The maximum absolute atomic E-state index is 13.0. The molecule has 0 unspecified atom stereocenters. The largest absolute Gasteiger partial charge is 0.379 e. The van der Waals surface area contributed by atoms with Gasteiger partial charge in [-0.3, -0.25) is 14.3 Å². The zero-order valence-electron chi connectivity index (χ0n) is 16.3. The molecule has 1 aromatic carbocycles. The minimum atomic E-state index is -0.270. The van der Waals surface area contributed by atoms with E-state index in [1.54, 1.807) is 16.8 Å². The number of nitrogens with zero attached hydrogens (tertiary/aromatic N) is 4. The Morgan fingerprint density at radius 2 is 1.90 bits per heavy atom. The Bertz CT molecular complexity index is 1020. The van der Waals surface area contributed by atoms with E-state index in [0.29, 0.717) is 17.7 Å². The van der Waals surface area contributed by atoms with Gasteiger partial charge in [0.1, 0.15) is 6.54 Å². The number of aromatic nitrogens is 3. The third-order valence-corrected chi connectivity index (χ3v) is 5.08. The Morgan fingerprint density at radius 3 is 2.69 bits per heavy atom. The highest BCUT2D eigenvalue weighted by Crippen LogP contribution is 2.15. The standard InChI is InChI=1S/C21H25N5O3/c27-19(22-10-5-11-24-12-14-29-15-13-24)16-25-18-8-4-9-23-20(18)26(21(25)28)17-6-2-1-3-7-17/h1-4,6-9H,5,10-16H2,(H,22,27). The number of nitrogens with one attached hydrogen (secondary N) is 1. The lowest BCUT2D eigenvalue weighted by molar-refractivity contribution is -0.121. The fourth-order valence-corrected chi connectivity index (χ4v) is 3.60. The predicted molar refractivity (Wildman–Crippen MR) is 110 cm³/mol. The minimum absolute atomic E-state index is 0.0294. The van der Waals surface area contributed by atoms with Crippen LogP contribution in [-0.2, 0) is 16.1 Å². The number of para-hydroxylation sites is 1. The average molecular weight is 395 g/mol. The second-order valence-corrected chi connectivity index (χ2v) is 7.04. The summed E-state index contributed by atoms with van der Waals surface area (Å²) in [7, 11) is 0. The van der Waals surface area contributed by atoms with Crippen LogP contribution in [0.2, 0.25) is 0 Å². The van der Waals surface area contributed by atoms with Gasteiger partial charge in [-0.15, -0.1) is 0 Å². The van der Waals surface area contributed by atoms with Gasteiger partial charge < -0.3 is 10.1 Å². The van der Waals surface area contributed by atoms with E-state index in [1.165, 1.54) is 4.57 Å². The summed E-state index contributed by atoms with van der Waals surface area (Å²) in [6.07, 6.45) is 2.52. The van der Waals surface area contributed by atoms with Crippen molar-refractivity contribution in [3.05, 3.63) is 59.1 Å². The van der Waals surface area contributed by atoms with Crippen LogP contribution in [0.3, 0.4) is 0 Å². The molecule has 1 amide bonds. The number of amides is 1. The molecule has 1 saturated heterocycles. The lowest BCUT2D eigenvalue weighted by Crippen LogP contribution is -2.38. The first-order chi connectivity index (χ1) is 14.2. The van der Waals surface area contributed by atoms with Gasteiger partial charge in [0.15, 0.2) is 5.65 Å². The molecular weight excluding hydrogens is 370 g/mol. The van der Waals surface area contributed by atoms with Crippen LogP contribution in [0.25, 0.3) is 16.9 Å². The van der Waals surface area contributed by atoms with E-state index in [0.717, 1.165) is 45.0 Å². The van der Waals surface area contributed by atoms with Crippen molar-refractivity contribution < 1.29 is 9.53 Å². The first kappa shape index (κ1) is 19.4. The quantitative estimate of drug-likeness (QED) is 0.604. The number of carbonyl (C=O) groups excluding carboxylic acids is 1. The van der Waals surface area contributed by atoms with E-state index in [-0.39, 0.29) is 18.1 Å². The summed E-state index contributed by atoms with van der Waals surface area (Å²) in [5, 5.41) is 2.93. The molecule has 3 aromatic rings. The number of imidazole rings is 1. The fourth-order valence-electron chi connectivity index (χ4n) is 3.60. The van der Waals surface area contributed by atoms with Crippen molar-refractivity contribution in [3.8, 4) is 5.69 Å². The van der Waals surface area contributed by atoms with Crippen LogP contribution in [0.4, 0.5) is 0 Å². The molecule has 1 fully saturated rings. The van der Waals surface area contributed by atoms with Crippen molar-refractivity contribution in [2.75, 3.05) is 39.4 Å². The minimum Gasteiger partial charge on any atom is -0.379 e. The molecule has 1 aliphatic rings. The fraction of sp³-hybridized carbons (Fsp3) is 0.381. The summed E-state index contributed by atoms with van der Waals surface area (Å²) < 4.78 is 8.36. The normalized spacial score (nSPS) is 14.9. The molecule has 0 spiro atoms. The van der Waals surface area contributed by atoms with Gasteiger partial charge in [0.2, 0.25) is 5.91 Å². The van der Waals surface area contributed by atoms with Crippen LogP contribution in [0, 0.1) is 0 Å². The monoisotopic (exact) mass is 395 g/mol. The topological polar surface area (TPSA) is 81.4 Å². The first-order valence-electron chi connectivity index (χ1n) is 9.92. The van der Waals surface area contributed by atoms with Crippen molar-refractivity contribution in [1.29, 1.82) is 0 Å². The smallest absolute Gasteiger partial charge is 0.335 e. The van der Waals surface area contributed by atoms with Crippen molar-refractivity contribution >= 4 is 17.1 Å². The predicted octanol–water partition coefficient (Wildman–Crippen LogP) is 1.03. The molecule has 4 rings (SSSR count). The number of ether oxygens (including phenoxy) is 1. The lowest BCUT2D eigenvalue weighted by Gasteiger charge is -2.26. The van der Waals surface area contributed by atoms with E-state index in [9.17, 15) is 9.59 Å². The summed E-state index contributed by atoms with van der Waals surface area (Å²) in [6, 6.07) is 12.9. The lowest BCUT2D eigenvalue weighted by atomic mass is 10.3. The molecule has 0 bridgehead atoms. The van der Waals surface area contributed by atoms with Crippen LogP contribution >= 0.6 is 0 Å². The number of hydrogen-bond acceptors (Lipinski definition) is 5. The number of benzene rings is 1. The first-order valence-corrected chi connectivity index (χ1v) is 9.92. The van der Waals surface area contributed by atoms with Gasteiger partial charge in [0, 0.05) is 25.8 Å². The molecule has 0 saturated carbocycles. The van der Waals surface area contributed by atoms with Gasteiger partial charge in [0.05, 0.1) is 24.4 Å². The number of carbonyl (C=O) groups is 1. The molecule has 1 aliphatic heterocycles. The molecular formula is C21H25N5O3. The van der Waals surface area contributed by atoms with Crippen LogP contribution < -0.4 is 11.0 Å². The van der Waals surface area contributed by atoms with Crippen molar-refractivity contribution in [3.63, 3.8) is 0 Å². The van der Waals surface area contributed by atoms with Gasteiger partial charge >= 0.3 is 5.69 Å².